The average Bonchev–Trinajstić information content (AvgIpc) is 2.72. The summed E-state index contributed by atoms with van der Waals surface area (Å²) < 4.78 is 1.91. The minimum absolute atomic E-state index is 0.0111. The van der Waals surface area contributed by atoms with E-state index in [1.54, 1.807) is 0 Å². The molecule has 5 nitrogen and oxygen atoms in total. The van der Waals surface area contributed by atoms with Crippen LogP contribution in [0.5, 0.6) is 0 Å². The van der Waals surface area contributed by atoms with Gasteiger partial charge in [0, 0.05) is 36.2 Å². The van der Waals surface area contributed by atoms with Crippen LogP contribution >= 0.6 is 0 Å². The predicted octanol–water partition coefficient (Wildman–Crippen LogP) is 4.17. The maximum Gasteiger partial charge on any atom is 0.244 e. The maximum atomic E-state index is 12.9. The molecule has 1 aromatic heterocycles. The molecule has 0 fully saturated rings. The molecule has 0 aliphatic rings. The van der Waals surface area contributed by atoms with E-state index in [2.05, 4.69) is 5.32 Å². The van der Waals surface area contributed by atoms with E-state index in [0.717, 1.165) is 28.0 Å². The van der Waals surface area contributed by atoms with Gasteiger partial charge in [0.25, 0.3) is 0 Å². The molecule has 1 amide bonds. The Kier molecular flexibility index (Phi) is 4.80. The van der Waals surface area contributed by atoms with Crippen molar-refractivity contribution in [1.82, 2.24) is 4.57 Å². The van der Waals surface area contributed by atoms with Crippen LogP contribution in [0.2, 0.25) is 0 Å². The third kappa shape index (κ3) is 3.47. The average molecular weight is 385 g/mol. The number of amides is 1. The van der Waals surface area contributed by atoms with Crippen LogP contribution in [0.25, 0.3) is 21.8 Å². The van der Waals surface area contributed by atoms with Crippen molar-refractivity contribution in [2.45, 2.75) is 13.5 Å². The number of anilines is 2. The molecule has 1 heterocycles. The minimum Gasteiger partial charge on any atom is -0.378 e. The van der Waals surface area contributed by atoms with Crippen molar-refractivity contribution < 1.29 is 4.79 Å². The second-order valence-corrected chi connectivity index (χ2v) is 7.39. The van der Waals surface area contributed by atoms with E-state index < -0.39 is 0 Å². The Bertz CT molecular complexity index is 1230. The molecule has 4 aromatic rings. The van der Waals surface area contributed by atoms with Crippen LogP contribution in [0.1, 0.15) is 5.56 Å². The Morgan fingerprint density at radius 2 is 1.52 bits per heavy atom. The summed E-state index contributed by atoms with van der Waals surface area (Å²) in [5.41, 5.74) is 4.37. The predicted molar refractivity (Wildman–Crippen MR) is 120 cm³/mol. The first-order valence-corrected chi connectivity index (χ1v) is 9.54. The Labute approximate surface area is 169 Å². The smallest absolute Gasteiger partial charge is 0.244 e. The number of carbonyl (C=O) groups excluding carboxylic acids is 1. The lowest BCUT2D eigenvalue weighted by molar-refractivity contribution is -0.116. The molecule has 0 radical (unpaired) electrons. The fourth-order valence-electron chi connectivity index (χ4n) is 3.65. The lowest BCUT2D eigenvalue weighted by atomic mass is 10.1. The van der Waals surface area contributed by atoms with Crippen LogP contribution in [0.3, 0.4) is 0 Å². The Balaban J connectivity index is 1.73. The third-order valence-electron chi connectivity index (χ3n) is 5.18. The summed E-state index contributed by atoms with van der Waals surface area (Å²) >= 11 is 0. The second-order valence-electron chi connectivity index (χ2n) is 7.39. The van der Waals surface area contributed by atoms with Crippen LogP contribution in [-0.4, -0.2) is 24.6 Å². The number of hydrogen-bond acceptors (Lipinski definition) is 3. The van der Waals surface area contributed by atoms with Crippen molar-refractivity contribution in [3.05, 3.63) is 82.5 Å². The Morgan fingerprint density at radius 1 is 0.931 bits per heavy atom. The number of pyridine rings is 1. The Morgan fingerprint density at radius 3 is 2.07 bits per heavy atom. The molecular weight excluding hydrogens is 362 g/mol. The number of aryl methyl sites for hydroxylation is 1. The fraction of sp³-hybridized carbons (Fsp3) is 0.167. The first kappa shape index (κ1) is 18.7. The number of nitrogens with one attached hydrogen (secondary N) is 1. The van der Waals surface area contributed by atoms with Crippen molar-refractivity contribution in [3.63, 3.8) is 0 Å². The normalized spacial score (nSPS) is 11.0. The molecule has 29 heavy (non-hydrogen) atoms. The lowest BCUT2D eigenvalue weighted by Gasteiger charge is -2.17. The number of rotatable bonds is 4. The fourth-order valence-corrected chi connectivity index (χ4v) is 3.65. The van der Waals surface area contributed by atoms with Crippen molar-refractivity contribution in [2.24, 2.45) is 0 Å². The molecule has 0 unspecified atom stereocenters. The highest BCUT2D eigenvalue weighted by atomic mass is 16.2. The summed E-state index contributed by atoms with van der Waals surface area (Å²) in [4.78, 5) is 27.8. The van der Waals surface area contributed by atoms with E-state index in [1.165, 1.54) is 0 Å². The summed E-state index contributed by atoms with van der Waals surface area (Å²) in [6.07, 6.45) is 0. The van der Waals surface area contributed by atoms with E-state index in [-0.39, 0.29) is 17.9 Å². The topological polar surface area (TPSA) is 54.3 Å². The summed E-state index contributed by atoms with van der Waals surface area (Å²) in [6.45, 7) is 2.10. The van der Waals surface area contributed by atoms with Crippen LogP contribution in [0.15, 0.2) is 71.5 Å². The van der Waals surface area contributed by atoms with E-state index in [4.69, 9.17) is 0 Å². The quantitative estimate of drug-likeness (QED) is 0.537. The van der Waals surface area contributed by atoms with E-state index in [0.29, 0.717) is 10.8 Å². The van der Waals surface area contributed by atoms with Crippen LogP contribution in [0, 0.1) is 6.92 Å². The molecule has 1 N–H and O–H groups in total. The highest BCUT2D eigenvalue weighted by Gasteiger charge is 2.13. The molecule has 0 spiro atoms. The van der Waals surface area contributed by atoms with Gasteiger partial charge in [-0.1, -0.05) is 24.3 Å². The first-order chi connectivity index (χ1) is 14.0. The number of hydrogen-bond donors (Lipinski definition) is 1. The zero-order chi connectivity index (χ0) is 20.5. The van der Waals surface area contributed by atoms with Gasteiger partial charge in [0.1, 0.15) is 6.54 Å². The van der Waals surface area contributed by atoms with Crippen LogP contribution < -0.4 is 15.6 Å². The maximum absolute atomic E-state index is 12.9. The highest BCUT2D eigenvalue weighted by molar-refractivity contribution is 5.97. The van der Waals surface area contributed by atoms with E-state index in [9.17, 15) is 9.59 Å². The summed E-state index contributed by atoms with van der Waals surface area (Å²) in [5.74, 6) is -0.135. The minimum atomic E-state index is -0.135. The summed E-state index contributed by atoms with van der Waals surface area (Å²) in [6, 6.07) is 20.8. The monoisotopic (exact) mass is 385 g/mol. The molecule has 5 heteroatoms. The van der Waals surface area contributed by atoms with Gasteiger partial charge in [-0.3, -0.25) is 9.59 Å². The van der Waals surface area contributed by atoms with Crippen molar-refractivity contribution in [2.75, 3.05) is 24.3 Å². The van der Waals surface area contributed by atoms with Gasteiger partial charge in [-0.2, -0.15) is 0 Å². The second kappa shape index (κ2) is 7.43. The molecule has 0 aliphatic carbocycles. The molecule has 4 rings (SSSR count). The number of carbonyl (C=O) groups is 1. The molecule has 0 saturated carbocycles. The Hall–Kier alpha value is -3.60. The van der Waals surface area contributed by atoms with Crippen molar-refractivity contribution in [3.8, 4) is 0 Å². The molecule has 0 saturated heterocycles. The highest BCUT2D eigenvalue weighted by Crippen LogP contribution is 2.22. The van der Waals surface area contributed by atoms with Gasteiger partial charge >= 0.3 is 0 Å². The first-order valence-electron chi connectivity index (χ1n) is 9.54. The zero-order valence-electron chi connectivity index (χ0n) is 16.8. The van der Waals surface area contributed by atoms with Gasteiger partial charge in [-0.25, -0.2) is 0 Å². The molecule has 0 aliphatic heterocycles. The van der Waals surface area contributed by atoms with Gasteiger partial charge in [-0.15, -0.1) is 0 Å². The molecule has 0 atom stereocenters. The molecule has 0 bridgehead atoms. The molecule has 3 aromatic carbocycles. The van der Waals surface area contributed by atoms with Gasteiger partial charge in [0.05, 0.1) is 11.0 Å². The molecular formula is C24H23N3O2. The molecule has 146 valence electrons. The zero-order valence-corrected chi connectivity index (χ0v) is 16.8. The van der Waals surface area contributed by atoms with Gasteiger partial charge in [-0.05, 0) is 55.0 Å². The van der Waals surface area contributed by atoms with Gasteiger partial charge in [0.15, 0.2) is 5.43 Å². The van der Waals surface area contributed by atoms with Crippen molar-refractivity contribution >= 4 is 39.1 Å². The number of aromatic nitrogens is 1. The van der Waals surface area contributed by atoms with Gasteiger partial charge < -0.3 is 14.8 Å². The number of benzene rings is 3. The van der Waals surface area contributed by atoms with Gasteiger partial charge in [0.2, 0.25) is 5.91 Å². The SMILES string of the molecule is Cc1cc(N(C)C)ccc1NC(=O)Cn1c2ccccc2c(=O)c2ccccc21. The number of para-hydroxylation sites is 2. The largest absolute Gasteiger partial charge is 0.378 e. The van der Waals surface area contributed by atoms with Crippen LogP contribution in [0.4, 0.5) is 11.4 Å². The summed E-state index contributed by atoms with van der Waals surface area (Å²) in [5, 5.41) is 4.24. The number of nitrogens with zero attached hydrogens (tertiary/aromatic N) is 2. The standard InChI is InChI=1S/C24H23N3O2/c1-16-14-17(26(2)3)12-13-20(16)25-23(28)15-27-21-10-6-4-8-18(21)24(29)19-9-5-7-11-22(19)27/h4-14H,15H2,1-3H3,(H,25,28). The lowest BCUT2D eigenvalue weighted by Crippen LogP contribution is -2.22. The summed E-state index contributed by atoms with van der Waals surface area (Å²) in [7, 11) is 3.97. The van der Waals surface area contributed by atoms with Crippen molar-refractivity contribution in [1.29, 1.82) is 0 Å². The van der Waals surface area contributed by atoms with E-state index >= 15 is 0 Å². The number of fused-ring (bicyclic) bond motifs is 2. The third-order valence-corrected chi connectivity index (χ3v) is 5.18. The van der Waals surface area contributed by atoms with E-state index in [1.807, 2.05) is 97.2 Å². The van der Waals surface area contributed by atoms with Crippen LogP contribution in [-0.2, 0) is 11.3 Å².